The van der Waals surface area contributed by atoms with E-state index in [9.17, 15) is 27.9 Å². The van der Waals surface area contributed by atoms with Gasteiger partial charge < -0.3 is 14.4 Å². The van der Waals surface area contributed by atoms with Gasteiger partial charge in [0.2, 0.25) is 0 Å². The summed E-state index contributed by atoms with van der Waals surface area (Å²) in [7, 11) is 1.44. The van der Waals surface area contributed by atoms with Crippen molar-refractivity contribution in [3.8, 4) is 5.75 Å². The maximum absolute atomic E-state index is 13.1. The zero-order valence-electron chi connectivity index (χ0n) is 15.9. The molecule has 2 aromatic carbocycles. The molecule has 10 heteroatoms. The van der Waals surface area contributed by atoms with E-state index in [2.05, 4.69) is 4.99 Å². The number of alkyl halides is 3. The van der Waals surface area contributed by atoms with E-state index in [0.29, 0.717) is 5.75 Å². The summed E-state index contributed by atoms with van der Waals surface area (Å²) in [6.45, 7) is 1.63. The number of hydrogen-bond donors (Lipinski definition) is 1. The number of carboxylic acid groups (broad SMARTS) is 1. The largest absolute Gasteiger partial charge is 0.497 e. The zero-order valence-corrected chi connectivity index (χ0v) is 16.8. The number of carbonyl (C=O) groups is 2. The second-order valence-corrected chi connectivity index (χ2v) is 7.36. The fraction of sp³-hybridized carbons (Fsp3) is 0.250. The summed E-state index contributed by atoms with van der Waals surface area (Å²) in [5.41, 5.74) is -0.394. The lowest BCUT2D eigenvalue weighted by atomic mass is 10.2. The predicted octanol–water partition coefficient (Wildman–Crippen LogP) is 4.51. The number of halogens is 3. The van der Waals surface area contributed by atoms with Crippen LogP contribution in [0.1, 0.15) is 35.3 Å². The summed E-state index contributed by atoms with van der Waals surface area (Å²) in [5.74, 6) is -1.40. The van der Waals surface area contributed by atoms with Gasteiger partial charge in [0.25, 0.3) is 5.91 Å². The Morgan fingerprint density at radius 3 is 2.57 bits per heavy atom. The number of aromatic nitrogens is 1. The Labute approximate surface area is 172 Å². The lowest BCUT2D eigenvalue weighted by Gasteiger charge is -2.14. The Balaban J connectivity index is 2.24. The smallest absolute Gasteiger partial charge is 0.416 e. The summed E-state index contributed by atoms with van der Waals surface area (Å²) in [6.07, 6.45) is -4.39. The molecule has 158 valence electrons. The van der Waals surface area contributed by atoms with E-state index in [4.69, 9.17) is 4.74 Å². The van der Waals surface area contributed by atoms with Gasteiger partial charge in [-0.05, 0) is 42.8 Å². The van der Waals surface area contributed by atoms with Crippen molar-refractivity contribution >= 4 is 33.4 Å². The second-order valence-electron chi connectivity index (χ2n) is 6.35. The van der Waals surface area contributed by atoms with Gasteiger partial charge in [0.1, 0.15) is 11.8 Å². The van der Waals surface area contributed by atoms with Crippen LogP contribution in [-0.2, 0) is 11.0 Å². The molecule has 1 unspecified atom stereocenters. The highest BCUT2D eigenvalue weighted by molar-refractivity contribution is 7.16. The van der Waals surface area contributed by atoms with Crippen LogP contribution in [-0.4, -0.2) is 28.7 Å². The molecule has 0 aliphatic rings. The van der Waals surface area contributed by atoms with Crippen molar-refractivity contribution < 1.29 is 32.6 Å². The summed E-state index contributed by atoms with van der Waals surface area (Å²) in [4.78, 5) is 28.4. The number of rotatable bonds is 5. The van der Waals surface area contributed by atoms with Gasteiger partial charge in [0, 0.05) is 5.56 Å². The van der Waals surface area contributed by atoms with Crippen molar-refractivity contribution in [1.29, 1.82) is 0 Å². The van der Waals surface area contributed by atoms with Crippen LogP contribution in [0, 0.1) is 0 Å². The molecule has 3 aromatic rings. The summed E-state index contributed by atoms with van der Waals surface area (Å²) >= 11 is 0.829. The molecule has 1 N–H and O–H groups in total. The van der Waals surface area contributed by atoms with Crippen LogP contribution in [0.3, 0.4) is 0 Å². The van der Waals surface area contributed by atoms with Crippen molar-refractivity contribution in [2.75, 3.05) is 7.11 Å². The standard InChI is InChI=1S/C20H17F3N2O4S/c1-3-14(18(27)28)25-15-8-7-12(20(21,22)23)10-16(15)30-19(25)24-17(26)11-5-4-6-13(9-11)29-2/h4-10,14H,3H2,1-2H3,(H,27,28). The number of fused-ring (bicyclic) bond motifs is 1. The highest BCUT2D eigenvalue weighted by Crippen LogP contribution is 2.33. The Kier molecular flexibility index (Phi) is 5.97. The number of benzene rings is 2. The van der Waals surface area contributed by atoms with Gasteiger partial charge in [0.05, 0.1) is 22.9 Å². The number of hydrogen-bond acceptors (Lipinski definition) is 4. The van der Waals surface area contributed by atoms with Crippen LogP contribution < -0.4 is 9.54 Å². The van der Waals surface area contributed by atoms with Crippen LogP contribution in [0.5, 0.6) is 5.75 Å². The molecule has 0 aliphatic heterocycles. The average Bonchev–Trinajstić information content (AvgIpc) is 3.04. The molecule has 1 heterocycles. The molecule has 0 radical (unpaired) electrons. The SMILES string of the molecule is CCC(C(=O)O)n1c(=NC(=O)c2cccc(OC)c2)sc2cc(C(F)(F)F)ccc21. The second kappa shape index (κ2) is 8.31. The number of methoxy groups -OCH3 is 1. The van der Waals surface area contributed by atoms with Crippen LogP contribution in [0.2, 0.25) is 0 Å². The molecule has 30 heavy (non-hydrogen) atoms. The summed E-state index contributed by atoms with van der Waals surface area (Å²) < 4.78 is 45.8. The third-order valence-corrected chi connectivity index (χ3v) is 5.47. The van der Waals surface area contributed by atoms with Crippen molar-refractivity contribution in [3.05, 3.63) is 58.4 Å². The maximum atomic E-state index is 13.1. The van der Waals surface area contributed by atoms with Gasteiger partial charge in [-0.3, -0.25) is 4.79 Å². The van der Waals surface area contributed by atoms with Gasteiger partial charge in [-0.15, -0.1) is 0 Å². The number of carbonyl (C=O) groups excluding carboxylic acids is 1. The summed E-state index contributed by atoms with van der Waals surface area (Å²) in [5, 5.41) is 9.59. The van der Waals surface area contributed by atoms with E-state index >= 15 is 0 Å². The topological polar surface area (TPSA) is 80.9 Å². The van der Waals surface area contributed by atoms with Crippen LogP contribution in [0.4, 0.5) is 13.2 Å². The minimum atomic E-state index is -4.55. The monoisotopic (exact) mass is 438 g/mol. The van der Waals surface area contributed by atoms with Crippen molar-refractivity contribution in [2.24, 2.45) is 4.99 Å². The molecule has 0 bridgehead atoms. The zero-order chi connectivity index (χ0) is 22.1. The fourth-order valence-corrected chi connectivity index (χ4v) is 4.08. The first kappa shape index (κ1) is 21.6. The number of thiazole rings is 1. The molecule has 1 atom stereocenters. The predicted molar refractivity (Wildman–Crippen MR) is 105 cm³/mol. The third-order valence-electron chi connectivity index (χ3n) is 4.45. The molecule has 0 saturated carbocycles. The minimum absolute atomic E-state index is 0.00592. The van der Waals surface area contributed by atoms with Crippen molar-refractivity contribution in [2.45, 2.75) is 25.6 Å². The van der Waals surface area contributed by atoms with Crippen molar-refractivity contribution in [1.82, 2.24) is 4.57 Å². The Morgan fingerprint density at radius 2 is 1.97 bits per heavy atom. The number of carboxylic acids is 1. The highest BCUT2D eigenvalue weighted by atomic mass is 32.1. The first-order valence-electron chi connectivity index (χ1n) is 8.84. The Hall–Kier alpha value is -3.14. The van der Waals surface area contributed by atoms with Crippen LogP contribution >= 0.6 is 11.3 Å². The van der Waals surface area contributed by atoms with Crippen molar-refractivity contribution in [3.63, 3.8) is 0 Å². The van der Waals surface area contributed by atoms with E-state index in [1.165, 1.54) is 29.9 Å². The lowest BCUT2D eigenvalue weighted by Crippen LogP contribution is -2.27. The molecule has 1 amide bonds. The van der Waals surface area contributed by atoms with Gasteiger partial charge in [-0.1, -0.05) is 24.3 Å². The van der Waals surface area contributed by atoms with E-state index in [1.807, 2.05) is 0 Å². The molecule has 0 fully saturated rings. The first-order chi connectivity index (χ1) is 14.2. The molecular formula is C20H17F3N2O4S. The maximum Gasteiger partial charge on any atom is 0.416 e. The molecule has 0 spiro atoms. The number of nitrogens with zero attached hydrogens (tertiary/aromatic N) is 2. The molecule has 0 aliphatic carbocycles. The average molecular weight is 438 g/mol. The summed E-state index contributed by atoms with van der Waals surface area (Å²) in [6, 6.07) is 8.16. The van der Waals surface area contributed by atoms with Crippen LogP contribution in [0.15, 0.2) is 47.5 Å². The van der Waals surface area contributed by atoms with E-state index in [0.717, 1.165) is 23.5 Å². The molecule has 3 rings (SSSR count). The van der Waals surface area contributed by atoms with Crippen LogP contribution in [0.25, 0.3) is 10.2 Å². The quantitative estimate of drug-likeness (QED) is 0.636. The minimum Gasteiger partial charge on any atom is -0.497 e. The van der Waals surface area contributed by atoms with E-state index < -0.39 is 29.7 Å². The molecular weight excluding hydrogens is 421 g/mol. The molecule has 6 nitrogen and oxygen atoms in total. The highest BCUT2D eigenvalue weighted by Gasteiger charge is 2.31. The number of amides is 1. The van der Waals surface area contributed by atoms with Gasteiger partial charge in [-0.25, -0.2) is 4.79 Å². The van der Waals surface area contributed by atoms with E-state index in [-0.39, 0.29) is 27.0 Å². The van der Waals surface area contributed by atoms with E-state index in [1.54, 1.807) is 19.1 Å². The number of ether oxygens (including phenoxy) is 1. The Bertz CT molecular complexity index is 1180. The normalized spacial score (nSPS) is 13.4. The van der Waals surface area contributed by atoms with Gasteiger partial charge >= 0.3 is 12.1 Å². The third kappa shape index (κ3) is 4.23. The Morgan fingerprint density at radius 1 is 1.23 bits per heavy atom. The number of aliphatic carboxylic acids is 1. The van der Waals surface area contributed by atoms with Gasteiger partial charge in [0.15, 0.2) is 4.80 Å². The van der Waals surface area contributed by atoms with Gasteiger partial charge in [-0.2, -0.15) is 18.2 Å². The fourth-order valence-electron chi connectivity index (χ4n) is 2.97. The first-order valence-corrected chi connectivity index (χ1v) is 9.65. The molecule has 0 saturated heterocycles. The molecule has 1 aromatic heterocycles. The lowest BCUT2D eigenvalue weighted by molar-refractivity contribution is -0.141.